The van der Waals surface area contributed by atoms with Crippen molar-refractivity contribution in [1.29, 1.82) is 0 Å². The lowest BCUT2D eigenvalue weighted by molar-refractivity contribution is 1.02. The van der Waals surface area contributed by atoms with Gasteiger partial charge in [-0.1, -0.05) is 12.1 Å². The summed E-state index contributed by atoms with van der Waals surface area (Å²) in [6.07, 6.45) is 0. The van der Waals surface area contributed by atoms with Gasteiger partial charge in [0.1, 0.15) is 0 Å². The molecule has 0 radical (unpaired) electrons. The minimum Gasteiger partial charge on any atom is -0.371 e. The number of hydrogen-bond donors (Lipinski definition) is 1. The number of benzene rings is 1. The summed E-state index contributed by atoms with van der Waals surface area (Å²) in [6.45, 7) is 8.46. The molecule has 94 valence electrons. The second kappa shape index (κ2) is 4.77. The van der Waals surface area contributed by atoms with Crippen LogP contribution in [0.4, 0.5) is 5.82 Å². The number of nitrogens with one attached hydrogen (secondary N) is 1. The van der Waals surface area contributed by atoms with Gasteiger partial charge in [0, 0.05) is 12.6 Å². The van der Waals surface area contributed by atoms with Gasteiger partial charge >= 0.3 is 0 Å². The molecule has 0 aliphatic carbocycles. The molecule has 0 aliphatic rings. The molecule has 0 atom stereocenters. The van der Waals surface area contributed by atoms with Crippen LogP contribution in [-0.4, -0.2) is 17.2 Å². The van der Waals surface area contributed by atoms with Crippen LogP contribution in [0.1, 0.15) is 22.3 Å². The van der Waals surface area contributed by atoms with Crippen LogP contribution in [0.15, 0.2) is 18.2 Å². The predicted octanol–water partition coefficient (Wildman–Crippen LogP) is 3.42. The van der Waals surface area contributed by atoms with E-state index in [0.29, 0.717) is 0 Å². The molecule has 1 N–H and O–H groups in total. The Kier molecular flexibility index (Phi) is 3.32. The largest absolute Gasteiger partial charge is 0.371 e. The molecule has 3 heteroatoms. The molecule has 0 unspecified atom stereocenters. The summed E-state index contributed by atoms with van der Waals surface area (Å²) in [5.74, 6) is 0.834. The van der Waals surface area contributed by atoms with E-state index in [4.69, 9.17) is 0 Å². The molecule has 2 rings (SSSR count). The Bertz CT molecular complexity index is 589. The summed E-state index contributed by atoms with van der Waals surface area (Å²) in [7, 11) is 1.86. The molecule has 0 bridgehead atoms. The highest BCUT2D eigenvalue weighted by molar-refractivity contribution is 5.67. The fraction of sp³-hybridized carbons (Fsp3) is 0.333. The van der Waals surface area contributed by atoms with E-state index in [1.807, 2.05) is 14.0 Å². The highest BCUT2D eigenvalue weighted by Crippen LogP contribution is 2.27. The Morgan fingerprint density at radius 1 is 0.889 bits per heavy atom. The molecule has 1 aromatic carbocycles. The number of aryl methyl sites for hydroxylation is 2. The zero-order valence-electron chi connectivity index (χ0n) is 11.6. The summed E-state index contributed by atoms with van der Waals surface area (Å²) in [5.41, 5.74) is 7.13. The first-order valence-corrected chi connectivity index (χ1v) is 6.14. The SMILES string of the molecule is CNc1nnc(-c2ccc(C)c(C)c2C)cc1C. The van der Waals surface area contributed by atoms with Crippen molar-refractivity contribution in [2.75, 3.05) is 12.4 Å². The van der Waals surface area contributed by atoms with Gasteiger partial charge in [-0.2, -0.15) is 0 Å². The van der Waals surface area contributed by atoms with Crippen molar-refractivity contribution in [2.45, 2.75) is 27.7 Å². The molecule has 0 spiro atoms. The molecule has 2 aromatic rings. The zero-order valence-corrected chi connectivity index (χ0v) is 11.6. The van der Waals surface area contributed by atoms with E-state index in [9.17, 15) is 0 Å². The molecule has 0 saturated carbocycles. The number of rotatable bonds is 2. The molecular formula is C15H19N3. The first-order chi connectivity index (χ1) is 8.54. The molecule has 18 heavy (non-hydrogen) atoms. The van der Waals surface area contributed by atoms with Gasteiger partial charge in [-0.15, -0.1) is 10.2 Å². The molecule has 0 saturated heterocycles. The van der Waals surface area contributed by atoms with Crippen molar-refractivity contribution in [2.24, 2.45) is 0 Å². The van der Waals surface area contributed by atoms with Gasteiger partial charge < -0.3 is 5.32 Å². The minimum atomic E-state index is 0.834. The molecule has 0 amide bonds. The smallest absolute Gasteiger partial charge is 0.151 e. The lowest BCUT2D eigenvalue weighted by Crippen LogP contribution is -2.00. The molecule has 3 nitrogen and oxygen atoms in total. The summed E-state index contributed by atoms with van der Waals surface area (Å²) in [6, 6.07) is 6.34. The first-order valence-electron chi connectivity index (χ1n) is 6.14. The standard InChI is InChI=1S/C15H19N3/c1-9-6-7-13(12(4)11(9)3)14-8-10(2)15(16-5)18-17-14/h6-8H,1-5H3,(H,16,18). The fourth-order valence-corrected chi connectivity index (χ4v) is 2.10. The van der Waals surface area contributed by atoms with Crippen LogP contribution in [0.2, 0.25) is 0 Å². The van der Waals surface area contributed by atoms with Crippen LogP contribution < -0.4 is 5.32 Å². The topological polar surface area (TPSA) is 37.8 Å². The molecule has 1 aromatic heterocycles. The number of anilines is 1. The van der Waals surface area contributed by atoms with Gasteiger partial charge in [0.25, 0.3) is 0 Å². The average molecular weight is 241 g/mol. The monoisotopic (exact) mass is 241 g/mol. The third-order valence-electron chi connectivity index (χ3n) is 3.56. The highest BCUT2D eigenvalue weighted by Gasteiger charge is 2.09. The summed E-state index contributed by atoms with van der Waals surface area (Å²) in [4.78, 5) is 0. The van der Waals surface area contributed by atoms with E-state index >= 15 is 0 Å². The molecular weight excluding hydrogens is 222 g/mol. The zero-order chi connectivity index (χ0) is 13.3. The van der Waals surface area contributed by atoms with Crippen molar-refractivity contribution >= 4 is 5.82 Å². The van der Waals surface area contributed by atoms with E-state index in [2.05, 4.69) is 54.5 Å². The third kappa shape index (κ3) is 2.08. The van der Waals surface area contributed by atoms with Crippen LogP contribution in [0.3, 0.4) is 0 Å². The Morgan fingerprint density at radius 3 is 2.22 bits per heavy atom. The Balaban J connectivity index is 2.56. The van der Waals surface area contributed by atoms with E-state index in [-0.39, 0.29) is 0 Å². The summed E-state index contributed by atoms with van der Waals surface area (Å²) >= 11 is 0. The van der Waals surface area contributed by atoms with Crippen molar-refractivity contribution in [3.05, 3.63) is 40.5 Å². The van der Waals surface area contributed by atoms with Gasteiger partial charge in [-0.25, -0.2) is 0 Å². The number of nitrogens with zero attached hydrogens (tertiary/aromatic N) is 2. The number of aromatic nitrogens is 2. The maximum Gasteiger partial charge on any atom is 0.151 e. The van der Waals surface area contributed by atoms with Crippen LogP contribution >= 0.6 is 0 Å². The maximum absolute atomic E-state index is 4.30. The highest BCUT2D eigenvalue weighted by atomic mass is 15.2. The van der Waals surface area contributed by atoms with Crippen LogP contribution in [0, 0.1) is 27.7 Å². The summed E-state index contributed by atoms with van der Waals surface area (Å²) in [5, 5.41) is 11.5. The van der Waals surface area contributed by atoms with E-state index in [1.165, 1.54) is 16.7 Å². The van der Waals surface area contributed by atoms with Crippen LogP contribution in [0.5, 0.6) is 0 Å². The number of hydrogen-bond acceptors (Lipinski definition) is 3. The third-order valence-corrected chi connectivity index (χ3v) is 3.56. The fourth-order valence-electron chi connectivity index (χ4n) is 2.10. The normalized spacial score (nSPS) is 10.5. The van der Waals surface area contributed by atoms with Gasteiger partial charge in [-0.05, 0) is 56.0 Å². The van der Waals surface area contributed by atoms with Crippen LogP contribution in [0.25, 0.3) is 11.3 Å². The lowest BCUT2D eigenvalue weighted by Gasteiger charge is -2.11. The van der Waals surface area contributed by atoms with Crippen molar-refractivity contribution in [3.63, 3.8) is 0 Å². The molecule has 1 heterocycles. The predicted molar refractivity (Wildman–Crippen MR) is 76.0 cm³/mol. The van der Waals surface area contributed by atoms with E-state index in [0.717, 1.165) is 22.6 Å². The lowest BCUT2D eigenvalue weighted by atomic mass is 9.96. The van der Waals surface area contributed by atoms with E-state index < -0.39 is 0 Å². The van der Waals surface area contributed by atoms with Gasteiger partial charge in [0.2, 0.25) is 0 Å². The van der Waals surface area contributed by atoms with Crippen molar-refractivity contribution < 1.29 is 0 Å². The van der Waals surface area contributed by atoms with E-state index in [1.54, 1.807) is 0 Å². The van der Waals surface area contributed by atoms with Gasteiger partial charge in [0.05, 0.1) is 5.69 Å². The minimum absolute atomic E-state index is 0.834. The van der Waals surface area contributed by atoms with Crippen molar-refractivity contribution in [1.82, 2.24) is 10.2 Å². The first kappa shape index (κ1) is 12.6. The Morgan fingerprint density at radius 2 is 1.61 bits per heavy atom. The Labute approximate surface area is 108 Å². The molecule has 0 aliphatic heterocycles. The van der Waals surface area contributed by atoms with Crippen LogP contribution in [-0.2, 0) is 0 Å². The second-order valence-electron chi connectivity index (χ2n) is 4.69. The molecule has 0 fully saturated rings. The van der Waals surface area contributed by atoms with Gasteiger partial charge in [0.15, 0.2) is 5.82 Å². The average Bonchev–Trinajstić information content (AvgIpc) is 2.36. The summed E-state index contributed by atoms with van der Waals surface area (Å²) < 4.78 is 0. The second-order valence-corrected chi connectivity index (χ2v) is 4.69. The maximum atomic E-state index is 4.30. The quantitative estimate of drug-likeness (QED) is 0.875. The van der Waals surface area contributed by atoms with Crippen molar-refractivity contribution in [3.8, 4) is 11.3 Å². The van der Waals surface area contributed by atoms with Gasteiger partial charge in [-0.3, -0.25) is 0 Å². The Hall–Kier alpha value is -1.90.